The number of rotatable bonds is 3. The smallest absolute Gasteiger partial charge is 0.319 e. The van der Waals surface area contributed by atoms with Crippen molar-refractivity contribution in [3.05, 3.63) is 30.1 Å². The number of urea groups is 1. The monoisotopic (exact) mass is 320 g/mol. The lowest BCUT2D eigenvalue weighted by Gasteiger charge is -2.33. The molecule has 3 amide bonds. The average Bonchev–Trinajstić information content (AvgIpc) is 3.29. The number of benzene rings is 1. The Morgan fingerprint density at radius 1 is 1.17 bits per heavy atom. The topological polar surface area (TPSA) is 87.5 Å². The highest BCUT2D eigenvalue weighted by Gasteiger charge is 2.48. The Bertz CT molecular complexity index is 593. The van der Waals surface area contributed by atoms with Crippen molar-refractivity contribution in [3.8, 4) is 0 Å². The summed E-state index contributed by atoms with van der Waals surface area (Å²) >= 11 is 0. The molecule has 4 N–H and O–H groups in total. The highest BCUT2D eigenvalue weighted by Crippen LogP contribution is 2.34. The minimum Gasteiger partial charge on any atom is -0.341 e. The molecule has 1 aromatic carbocycles. The normalized spacial score (nSPS) is 20.0. The molecule has 0 atom stereocenters. The van der Waals surface area contributed by atoms with Gasteiger partial charge in [0.15, 0.2) is 0 Å². The standard InChI is InChI=1S/C16H21FN4O2/c17-11-1-3-12(4-2-11)19-15(23)20-13-5-9-21(10-6-13)14(22)16(18)7-8-16/h1-4,13H,5-10,18H2,(H2,19,20,23). The molecule has 6 nitrogen and oxygen atoms in total. The Morgan fingerprint density at radius 3 is 2.35 bits per heavy atom. The van der Waals surface area contributed by atoms with E-state index >= 15 is 0 Å². The molecule has 1 saturated carbocycles. The van der Waals surface area contributed by atoms with Crippen LogP contribution in [0.1, 0.15) is 25.7 Å². The molecule has 0 bridgehead atoms. The summed E-state index contributed by atoms with van der Waals surface area (Å²) in [5.41, 5.74) is 5.85. The Kier molecular flexibility index (Phi) is 4.21. The lowest BCUT2D eigenvalue weighted by Crippen LogP contribution is -2.52. The fourth-order valence-electron chi connectivity index (χ4n) is 2.78. The van der Waals surface area contributed by atoms with Gasteiger partial charge in [-0.15, -0.1) is 0 Å². The Hall–Kier alpha value is -2.15. The Morgan fingerprint density at radius 2 is 1.78 bits per heavy atom. The molecular formula is C16H21FN4O2. The van der Waals surface area contributed by atoms with Crippen LogP contribution in [0.2, 0.25) is 0 Å². The Labute approximate surface area is 134 Å². The van der Waals surface area contributed by atoms with Gasteiger partial charge in [0.25, 0.3) is 0 Å². The van der Waals surface area contributed by atoms with Gasteiger partial charge in [-0.1, -0.05) is 0 Å². The van der Waals surface area contributed by atoms with E-state index < -0.39 is 5.54 Å². The van der Waals surface area contributed by atoms with Crippen LogP contribution < -0.4 is 16.4 Å². The maximum absolute atomic E-state index is 12.8. The molecule has 1 aromatic rings. The number of nitrogens with zero attached hydrogens (tertiary/aromatic N) is 1. The number of carbonyl (C=O) groups is 2. The van der Waals surface area contributed by atoms with Crippen LogP contribution >= 0.6 is 0 Å². The van der Waals surface area contributed by atoms with Crippen LogP contribution in [0.4, 0.5) is 14.9 Å². The zero-order chi connectivity index (χ0) is 16.4. The van der Waals surface area contributed by atoms with Gasteiger partial charge in [0, 0.05) is 24.8 Å². The number of amides is 3. The number of hydrogen-bond donors (Lipinski definition) is 3. The van der Waals surface area contributed by atoms with Crippen LogP contribution in [0.5, 0.6) is 0 Å². The first-order chi connectivity index (χ1) is 11.0. The average molecular weight is 320 g/mol. The van der Waals surface area contributed by atoms with Crippen LogP contribution in [-0.2, 0) is 4.79 Å². The van der Waals surface area contributed by atoms with Crippen molar-refractivity contribution in [2.45, 2.75) is 37.3 Å². The zero-order valence-electron chi connectivity index (χ0n) is 12.8. The van der Waals surface area contributed by atoms with Crippen LogP contribution in [0.15, 0.2) is 24.3 Å². The summed E-state index contributed by atoms with van der Waals surface area (Å²) < 4.78 is 12.8. The van der Waals surface area contributed by atoms with Crippen molar-refractivity contribution in [1.82, 2.24) is 10.2 Å². The van der Waals surface area contributed by atoms with E-state index in [1.807, 2.05) is 0 Å². The molecule has 1 aliphatic carbocycles. The summed E-state index contributed by atoms with van der Waals surface area (Å²) in [6.45, 7) is 1.22. The second kappa shape index (κ2) is 6.16. The van der Waals surface area contributed by atoms with Gasteiger partial charge in [-0.05, 0) is 49.9 Å². The fourth-order valence-corrected chi connectivity index (χ4v) is 2.78. The van der Waals surface area contributed by atoms with E-state index in [1.165, 1.54) is 24.3 Å². The summed E-state index contributed by atoms with van der Waals surface area (Å²) in [6.07, 6.45) is 2.95. The van der Waals surface area contributed by atoms with E-state index in [-0.39, 0.29) is 23.8 Å². The first kappa shape index (κ1) is 15.7. The first-order valence-corrected chi connectivity index (χ1v) is 7.88. The van der Waals surface area contributed by atoms with E-state index in [0.29, 0.717) is 31.6 Å². The minimum atomic E-state index is -0.625. The van der Waals surface area contributed by atoms with Crippen molar-refractivity contribution < 1.29 is 14.0 Å². The molecule has 3 rings (SSSR count). The van der Waals surface area contributed by atoms with E-state index in [9.17, 15) is 14.0 Å². The summed E-state index contributed by atoms with van der Waals surface area (Å²) in [6, 6.07) is 5.30. The van der Waals surface area contributed by atoms with Gasteiger partial charge in [0.05, 0.1) is 5.54 Å². The number of likely N-dealkylation sites (tertiary alicyclic amines) is 1. The third kappa shape index (κ3) is 3.79. The van der Waals surface area contributed by atoms with Gasteiger partial charge < -0.3 is 21.3 Å². The third-order valence-corrected chi connectivity index (χ3v) is 4.43. The number of halogens is 1. The van der Waals surface area contributed by atoms with E-state index in [1.54, 1.807) is 4.90 Å². The van der Waals surface area contributed by atoms with E-state index in [2.05, 4.69) is 10.6 Å². The summed E-state index contributed by atoms with van der Waals surface area (Å²) in [7, 11) is 0. The fraction of sp³-hybridized carbons (Fsp3) is 0.500. The summed E-state index contributed by atoms with van der Waals surface area (Å²) in [4.78, 5) is 25.9. The van der Waals surface area contributed by atoms with Gasteiger partial charge in [-0.2, -0.15) is 0 Å². The first-order valence-electron chi connectivity index (χ1n) is 7.88. The Balaban J connectivity index is 1.44. The maximum Gasteiger partial charge on any atom is 0.319 e. The third-order valence-electron chi connectivity index (χ3n) is 4.43. The van der Waals surface area contributed by atoms with Crippen LogP contribution in [0.25, 0.3) is 0 Å². The molecular weight excluding hydrogens is 299 g/mol. The maximum atomic E-state index is 12.8. The molecule has 1 saturated heterocycles. The van der Waals surface area contributed by atoms with Crippen molar-refractivity contribution in [2.75, 3.05) is 18.4 Å². The molecule has 2 aliphatic rings. The second-order valence-corrected chi connectivity index (χ2v) is 6.33. The van der Waals surface area contributed by atoms with Crippen molar-refractivity contribution in [3.63, 3.8) is 0 Å². The molecule has 2 fully saturated rings. The van der Waals surface area contributed by atoms with Crippen LogP contribution in [-0.4, -0.2) is 41.5 Å². The lowest BCUT2D eigenvalue weighted by molar-refractivity contribution is -0.134. The number of piperidine rings is 1. The van der Waals surface area contributed by atoms with Gasteiger partial charge in [-0.3, -0.25) is 4.79 Å². The number of carbonyl (C=O) groups excluding carboxylic acids is 2. The highest BCUT2D eigenvalue weighted by atomic mass is 19.1. The van der Waals surface area contributed by atoms with Crippen LogP contribution in [0, 0.1) is 5.82 Å². The number of nitrogens with one attached hydrogen (secondary N) is 2. The number of nitrogens with two attached hydrogens (primary N) is 1. The summed E-state index contributed by atoms with van der Waals surface area (Å²) in [5.74, 6) is -0.312. The van der Waals surface area contributed by atoms with Crippen molar-refractivity contribution >= 4 is 17.6 Å². The van der Waals surface area contributed by atoms with Gasteiger partial charge in [0.2, 0.25) is 5.91 Å². The predicted octanol–water partition coefficient (Wildman–Crippen LogP) is 1.43. The number of hydrogen-bond acceptors (Lipinski definition) is 3. The molecule has 0 unspecified atom stereocenters. The molecule has 23 heavy (non-hydrogen) atoms. The van der Waals surface area contributed by atoms with E-state index in [4.69, 9.17) is 5.73 Å². The zero-order valence-corrected chi connectivity index (χ0v) is 12.8. The lowest BCUT2D eigenvalue weighted by atomic mass is 10.0. The SMILES string of the molecule is NC1(C(=O)N2CCC(NC(=O)Nc3ccc(F)cc3)CC2)CC1. The summed E-state index contributed by atoms with van der Waals surface area (Å²) in [5, 5.41) is 5.55. The number of anilines is 1. The van der Waals surface area contributed by atoms with Crippen molar-refractivity contribution in [1.29, 1.82) is 0 Å². The molecule has 0 spiro atoms. The second-order valence-electron chi connectivity index (χ2n) is 6.33. The molecule has 1 heterocycles. The van der Waals surface area contributed by atoms with Crippen molar-refractivity contribution in [2.24, 2.45) is 5.73 Å². The molecule has 7 heteroatoms. The van der Waals surface area contributed by atoms with E-state index in [0.717, 1.165) is 12.8 Å². The molecule has 0 radical (unpaired) electrons. The molecule has 0 aromatic heterocycles. The predicted molar refractivity (Wildman–Crippen MR) is 84.3 cm³/mol. The van der Waals surface area contributed by atoms with Gasteiger partial charge >= 0.3 is 6.03 Å². The van der Waals surface area contributed by atoms with Gasteiger partial charge in [0.1, 0.15) is 5.82 Å². The quantitative estimate of drug-likeness (QED) is 0.787. The van der Waals surface area contributed by atoms with Gasteiger partial charge in [-0.25, -0.2) is 9.18 Å². The molecule has 1 aliphatic heterocycles. The van der Waals surface area contributed by atoms with Crippen LogP contribution in [0.3, 0.4) is 0 Å². The minimum absolute atomic E-state index is 0.0208. The highest BCUT2D eigenvalue weighted by molar-refractivity contribution is 5.90. The largest absolute Gasteiger partial charge is 0.341 e. The molecule has 124 valence electrons.